The number of esters is 1. The first-order valence-electron chi connectivity index (χ1n) is 28.4. The number of anilines is 4. The van der Waals surface area contributed by atoms with Gasteiger partial charge in [-0.2, -0.15) is 0 Å². The number of hydrogen-bond acceptors (Lipinski definition) is 27. The van der Waals surface area contributed by atoms with Gasteiger partial charge in [-0.25, -0.2) is 50.5 Å². The highest BCUT2D eigenvalue weighted by Gasteiger charge is 2.22. The van der Waals surface area contributed by atoms with Gasteiger partial charge in [0.05, 0.1) is 66.7 Å². The summed E-state index contributed by atoms with van der Waals surface area (Å²) in [5, 5.41) is 26.2. The number of halogens is 1. The molecule has 11 aromatic rings. The fraction of sp³-hybridized carbons (Fsp3) is 0.154. The monoisotopic (exact) mass is 1380 g/mol. The number of hydrazine groups is 1. The zero-order valence-corrected chi connectivity index (χ0v) is 54.2. The molecule has 0 saturated heterocycles. The zero-order valence-electron chi connectivity index (χ0n) is 52.7. The fourth-order valence-corrected chi connectivity index (χ4v) is 8.63. The van der Waals surface area contributed by atoms with E-state index in [2.05, 4.69) is 80.9 Å². The number of benzene rings is 5. The second kappa shape index (κ2) is 32.7. The third kappa shape index (κ3) is 17.7. The Balaban J connectivity index is 0.000000190. The molecule has 31 nitrogen and oxygen atoms in total. The maximum Gasteiger partial charge on any atom is 0.360 e. The number of aromatic nitrogens is 12. The molecule has 0 atom stereocenters. The number of ether oxygens (including phenoxy) is 2. The van der Waals surface area contributed by atoms with E-state index >= 15 is 0 Å². The standard InChI is InChI=1S/C23H22N6O3.C21H18N6O3.C14H16N6O2.C6H6BrN3O2.CH4/c1-4-31-18-8-6-5-7-16(18)21-27-28-22(32-21)19-20(24)25-13-17(26-19)14-9-11-15(12-10-14)23(30)29(2)3;1-27(2)21(29)13-9-7-12(8-10-13)15-11-23-18(22)17(24-15)20-26-25-19(30-20)14-5-3-4-6-16(14)28;1-20(2)14(22)9-5-3-8(4-6-9)10-7-17-12(15)11(18-10)13(21)19-16;1-12-6(11)4-5(8)9-2-3(7)10-4;/h5-13H,4H2,1-3H3,(H2,24,25);3-11,28H,1-2H3,(H2,22,23);3-7H,16H2,1-2H3,(H2,15,17)(H,19,21);2H,1H3,(H2,8,9);1H4. The summed E-state index contributed by atoms with van der Waals surface area (Å²) in [6, 6.07) is 34.9. The number of amides is 4. The summed E-state index contributed by atoms with van der Waals surface area (Å²) >= 11 is 3.06. The molecule has 6 aromatic heterocycles. The number of phenols is 1. The van der Waals surface area contributed by atoms with E-state index in [4.69, 9.17) is 42.3 Å². The predicted octanol–water partition coefficient (Wildman–Crippen LogP) is 7.67. The number of para-hydroxylation sites is 2. The van der Waals surface area contributed by atoms with Crippen molar-refractivity contribution in [2.24, 2.45) is 5.84 Å². The first-order valence-corrected chi connectivity index (χ1v) is 29.2. The Kier molecular flexibility index (Phi) is 24.2. The van der Waals surface area contributed by atoms with Crippen LogP contribution >= 0.6 is 15.9 Å². The summed E-state index contributed by atoms with van der Waals surface area (Å²) in [7, 11) is 11.4. The molecule has 0 aliphatic rings. The van der Waals surface area contributed by atoms with Gasteiger partial charge in [-0.1, -0.05) is 68.1 Å². The van der Waals surface area contributed by atoms with Crippen LogP contribution in [0.4, 0.5) is 23.3 Å². The van der Waals surface area contributed by atoms with Crippen molar-refractivity contribution in [1.29, 1.82) is 0 Å². The SMILES string of the molecule is C.CCOc1ccccc1-c1nnc(-c2nc(-c3ccc(C(=O)N(C)C)cc3)cnc2N)o1.CN(C)C(=O)c1ccc(-c2cnc(N)c(-c3nnc(-c4ccccc4O)o3)n2)cc1.CN(C)C(=O)c1ccc(-c2cnc(N)c(C(=O)NN)n2)cc1.COC(=O)c1nc(Br)cnc1N. The number of nitrogens with zero attached hydrogens (tertiary/aromatic N) is 15. The van der Waals surface area contributed by atoms with Gasteiger partial charge in [0.2, 0.25) is 0 Å². The lowest BCUT2D eigenvalue weighted by Crippen LogP contribution is -2.31. The van der Waals surface area contributed by atoms with E-state index in [0.29, 0.717) is 73.3 Å². The van der Waals surface area contributed by atoms with E-state index in [9.17, 15) is 29.1 Å². The van der Waals surface area contributed by atoms with Crippen molar-refractivity contribution in [1.82, 2.24) is 80.4 Å². The van der Waals surface area contributed by atoms with E-state index < -0.39 is 11.9 Å². The number of nitrogens with one attached hydrogen (secondary N) is 1. The van der Waals surface area contributed by atoms with Crippen molar-refractivity contribution in [2.45, 2.75) is 14.4 Å². The van der Waals surface area contributed by atoms with Crippen LogP contribution in [0.5, 0.6) is 11.5 Å². The normalized spacial score (nSPS) is 10.3. The average molecular weight is 1380 g/mol. The van der Waals surface area contributed by atoms with E-state index in [1.54, 1.807) is 139 Å². The number of aromatic hydroxyl groups is 1. The smallest absolute Gasteiger partial charge is 0.360 e. The molecule has 97 heavy (non-hydrogen) atoms. The number of carbonyl (C=O) groups is 5. The molecule has 0 bridgehead atoms. The Morgan fingerprint density at radius 1 is 0.505 bits per heavy atom. The topological polar surface area (TPSA) is 457 Å². The van der Waals surface area contributed by atoms with Gasteiger partial charge in [0.25, 0.3) is 47.2 Å². The molecule has 4 amide bonds. The molecular formula is C65H66BrN21O10. The van der Waals surface area contributed by atoms with Gasteiger partial charge in [-0.3, -0.25) is 24.6 Å². The third-order valence-electron chi connectivity index (χ3n) is 13.2. The number of phenolic OH excluding ortho intramolecular Hbond substituents is 1. The van der Waals surface area contributed by atoms with E-state index in [0.717, 1.165) is 11.1 Å². The van der Waals surface area contributed by atoms with Crippen LogP contribution in [0.2, 0.25) is 0 Å². The van der Waals surface area contributed by atoms with Gasteiger partial charge in [-0.05, 0) is 83.5 Å². The highest BCUT2D eigenvalue weighted by Crippen LogP contribution is 2.34. The summed E-state index contributed by atoms with van der Waals surface area (Å²) in [4.78, 5) is 96.1. The minimum absolute atomic E-state index is 0. The van der Waals surface area contributed by atoms with Crippen LogP contribution in [-0.2, 0) is 4.74 Å². The molecule has 0 fully saturated rings. The lowest BCUT2D eigenvalue weighted by Gasteiger charge is -2.10. The van der Waals surface area contributed by atoms with Gasteiger partial charge in [0, 0.05) is 75.7 Å². The third-order valence-corrected chi connectivity index (χ3v) is 13.6. The van der Waals surface area contributed by atoms with Gasteiger partial charge in [0.15, 0.2) is 46.0 Å². The zero-order chi connectivity index (χ0) is 69.3. The number of hydrogen-bond donors (Lipinski definition) is 7. The summed E-state index contributed by atoms with van der Waals surface area (Å²) in [6.45, 7) is 2.41. The van der Waals surface area contributed by atoms with Crippen LogP contribution in [0.1, 0.15) is 66.4 Å². The van der Waals surface area contributed by atoms with Gasteiger partial charge >= 0.3 is 5.97 Å². The van der Waals surface area contributed by atoms with Gasteiger partial charge < -0.3 is 61.0 Å². The lowest BCUT2D eigenvalue weighted by molar-refractivity contribution is 0.0593. The molecule has 0 aliphatic carbocycles. The molecular weight excluding hydrogens is 1310 g/mol. The molecule has 0 unspecified atom stereocenters. The molecule has 0 radical (unpaired) electrons. The van der Waals surface area contributed by atoms with E-state index in [1.807, 2.05) is 36.6 Å². The van der Waals surface area contributed by atoms with Crippen LogP contribution in [0.25, 0.3) is 79.8 Å². The maximum absolute atomic E-state index is 12.1. The van der Waals surface area contributed by atoms with Crippen molar-refractivity contribution in [3.63, 3.8) is 0 Å². The van der Waals surface area contributed by atoms with Crippen molar-refractivity contribution in [3.8, 4) is 91.3 Å². The Morgan fingerprint density at radius 3 is 1.31 bits per heavy atom. The quantitative estimate of drug-likeness (QED) is 0.0237. The number of nitrogen functional groups attached to an aromatic ring is 5. The van der Waals surface area contributed by atoms with Crippen LogP contribution in [0, 0.1) is 0 Å². The van der Waals surface area contributed by atoms with Crippen LogP contribution in [0.15, 0.2) is 160 Å². The van der Waals surface area contributed by atoms with Crippen LogP contribution < -0.4 is 38.9 Å². The molecule has 498 valence electrons. The molecule has 11 rings (SSSR count). The average Bonchev–Trinajstić information content (AvgIpc) is 1.72. The maximum atomic E-state index is 12.1. The number of nitrogens with two attached hydrogens (primary N) is 5. The molecule has 0 saturated carbocycles. The Morgan fingerprint density at radius 2 is 0.887 bits per heavy atom. The van der Waals surface area contributed by atoms with E-state index in [-0.39, 0.29) is 94.6 Å². The summed E-state index contributed by atoms with van der Waals surface area (Å²) < 4.78 is 22.0. The van der Waals surface area contributed by atoms with Crippen molar-refractivity contribution < 1.29 is 47.4 Å². The fourth-order valence-electron chi connectivity index (χ4n) is 8.35. The second-order valence-corrected chi connectivity index (χ2v) is 21.3. The number of carbonyl (C=O) groups excluding carboxylic acids is 5. The largest absolute Gasteiger partial charge is 0.507 e. The van der Waals surface area contributed by atoms with Crippen LogP contribution in [-0.4, -0.2) is 166 Å². The minimum Gasteiger partial charge on any atom is -0.507 e. The van der Waals surface area contributed by atoms with Gasteiger partial charge in [0.1, 0.15) is 16.1 Å². The van der Waals surface area contributed by atoms with Gasteiger partial charge in [-0.15, -0.1) is 20.4 Å². The number of methoxy groups -OCH3 is 1. The second-order valence-electron chi connectivity index (χ2n) is 20.5. The van der Waals surface area contributed by atoms with Crippen molar-refractivity contribution >= 4 is 68.8 Å². The Hall–Kier alpha value is -12.7. The first-order chi connectivity index (χ1) is 46.0. The number of rotatable bonds is 14. The molecule has 5 aromatic carbocycles. The lowest BCUT2D eigenvalue weighted by atomic mass is 10.1. The van der Waals surface area contributed by atoms with Crippen LogP contribution in [0.3, 0.4) is 0 Å². The summed E-state index contributed by atoms with van der Waals surface area (Å²) in [6.07, 6.45) is 5.94. The molecule has 0 aliphatic heterocycles. The molecule has 32 heteroatoms. The summed E-state index contributed by atoms with van der Waals surface area (Å²) in [5.41, 5.74) is 32.0. The van der Waals surface area contributed by atoms with Crippen molar-refractivity contribution in [3.05, 3.63) is 179 Å². The predicted molar refractivity (Wildman–Crippen MR) is 364 cm³/mol. The first kappa shape index (κ1) is 71.7. The minimum atomic E-state index is -0.619. The van der Waals surface area contributed by atoms with E-state index in [1.165, 1.54) is 46.5 Å². The highest BCUT2D eigenvalue weighted by molar-refractivity contribution is 9.10. The molecule has 6 heterocycles. The Labute approximate surface area is 563 Å². The summed E-state index contributed by atoms with van der Waals surface area (Å²) in [5.74, 6) is 5.28. The molecule has 12 N–H and O–H groups in total. The van der Waals surface area contributed by atoms with Crippen molar-refractivity contribution in [2.75, 3.05) is 78.9 Å². The Bertz CT molecular complexity index is 4590. The molecule has 0 spiro atoms. The highest BCUT2D eigenvalue weighted by atomic mass is 79.9.